The lowest BCUT2D eigenvalue weighted by molar-refractivity contribution is 0.0723. The summed E-state index contributed by atoms with van der Waals surface area (Å²) in [7, 11) is 0. The second-order valence-electron chi connectivity index (χ2n) is 7.12. The minimum absolute atomic E-state index is 0.141. The molecule has 0 fully saturated rings. The van der Waals surface area contributed by atoms with E-state index in [0.29, 0.717) is 28.8 Å². The van der Waals surface area contributed by atoms with Gasteiger partial charge in [-0.3, -0.25) is 14.6 Å². The van der Waals surface area contributed by atoms with Gasteiger partial charge in [0.25, 0.3) is 5.91 Å². The van der Waals surface area contributed by atoms with Crippen molar-refractivity contribution < 1.29 is 9.21 Å². The van der Waals surface area contributed by atoms with E-state index in [1.54, 1.807) is 11.1 Å². The van der Waals surface area contributed by atoms with Gasteiger partial charge in [0.15, 0.2) is 5.43 Å². The van der Waals surface area contributed by atoms with Gasteiger partial charge in [-0.25, -0.2) is 0 Å². The zero-order valence-corrected chi connectivity index (χ0v) is 15.8. The standard InChI is InChI=1S/C22H22N2O3/c1-4-5-10-24-19(16-8-6-7-9-23-16)18-20(25)15-11-13(2)14(3)12-17(15)27-21(18)22(24)26/h6-9,11-12,19H,4-5,10H2,1-3H3. The summed E-state index contributed by atoms with van der Waals surface area (Å²) in [5, 5.41) is 0.517. The van der Waals surface area contributed by atoms with Gasteiger partial charge in [0.05, 0.1) is 16.6 Å². The van der Waals surface area contributed by atoms with Gasteiger partial charge in [0.2, 0.25) is 5.76 Å². The summed E-state index contributed by atoms with van der Waals surface area (Å²) in [6.45, 7) is 6.58. The van der Waals surface area contributed by atoms with Crippen LogP contribution in [0.5, 0.6) is 0 Å². The van der Waals surface area contributed by atoms with Gasteiger partial charge in [-0.2, -0.15) is 0 Å². The van der Waals surface area contributed by atoms with Gasteiger partial charge >= 0.3 is 0 Å². The number of hydrogen-bond acceptors (Lipinski definition) is 4. The van der Waals surface area contributed by atoms with Crippen molar-refractivity contribution in [3.05, 3.63) is 74.9 Å². The van der Waals surface area contributed by atoms with E-state index in [2.05, 4.69) is 11.9 Å². The molecule has 138 valence electrons. The molecule has 0 spiro atoms. The molecular formula is C22H22N2O3. The number of pyridine rings is 1. The maximum absolute atomic E-state index is 13.4. The SMILES string of the molecule is CCCCN1C(=O)c2oc3cc(C)c(C)cc3c(=O)c2C1c1ccccn1. The first-order valence-electron chi connectivity index (χ1n) is 9.32. The summed E-state index contributed by atoms with van der Waals surface area (Å²) in [6, 6.07) is 8.75. The van der Waals surface area contributed by atoms with Crippen LogP contribution in [0.25, 0.3) is 11.0 Å². The largest absolute Gasteiger partial charge is 0.450 e. The zero-order valence-electron chi connectivity index (χ0n) is 15.8. The minimum Gasteiger partial charge on any atom is -0.450 e. The Hall–Kier alpha value is -2.95. The molecule has 3 heterocycles. The molecule has 0 saturated heterocycles. The third-order valence-electron chi connectivity index (χ3n) is 5.30. The Labute approximate surface area is 157 Å². The molecule has 1 aromatic carbocycles. The van der Waals surface area contributed by atoms with Gasteiger partial charge in [0, 0.05) is 12.7 Å². The maximum Gasteiger partial charge on any atom is 0.290 e. The van der Waals surface area contributed by atoms with Crippen LogP contribution in [0.2, 0.25) is 0 Å². The molecule has 1 aliphatic rings. The molecule has 0 bridgehead atoms. The summed E-state index contributed by atoms with van der Waals surface area (Å²) in [4.78, 5) is 32.6. The lowest BCUT2D eigenvalue weighted by Crippen LogP contribution is -2.31. The molecule has 0 radical (unpaired) electrons. The molecular weight excluding hydrogens is 340 g/mol. The smallest absolute Gasteiger partial charge is 0.290 e. The molecule has 5 nitrogen and oxygen atoms in total. The number of carbonyl (C=O) groups is 1. The highest BCUT2D eigenvalue weighted by Crippen LogP contribution is 2.37. The minimum atomic E-state index is -0.498. The van der Waals surface area contributed by atoms with Crippen LogP contribution >= 0.6 is 0 Å². The van der Waals surface area contributed by atoms with Crippen molar-refractivity contribution in [3.8, 4) is 0 Å². The Morgan fingerprint density at radius 1 is 1.15 bits per heavy atom. The highest BCUT2D eigenvalue weighted by Gasteiger charge is 2.43. The molecule has 0 saturated carbocycles. The molecule has 0 N–H and O–H groups in total. The van der Waals surface area contributed by atoms with Crippen molar-refractivity contribution in [2.24, 2.45) is 0 Å². The first-order valence-corrected chi connectivity index (χ1v) is 9.32. The Kier molecular flexibility index (Phi) is 4.30. The number of aryl methyl sites for hydroxylation is 2. The molecule has 2 aromatic heterocycles. The molecule has 0 aliphatic carbocycles. The molecule has 27 heavy (non-hydrogen) atoms. The van der Waals surface area contributed by atoms with Crippen LogP contribution in [0.4, 0.5) is 0 Å². The van der Waals surface area contributed by atoms with Crippen LogP contribution in [0, 0.1) is 13.8 Å². The molecule has 5 heteroatoms. The number of fused-ring (bicyclic) bond motifs is 2. The van der Waals surface area contributed by atoms with Crippen molar-refractivity contribution in [1.29, 1.82) is 0 Å². The van der Waals surface area contributed by atoms with Gasteiger partial charge in [-0.1, -0.05) is 19.4 Å². The van der Waals surface area contributed by atoms with E-state index in [1.165, 1.54) is 0 Å². The average Bonchev–Trinajstić information content (AvgIpc) is 2.95. The third kappa shape index (κ3) is 2.74. The lowest BCUT2D eigenvalue weighted by atomic mass is 10.0. The van der Waals surface area contributed by atoms with E-state index in [0.717, 1.165) is 24.0 Å². The second kappa shape index (κ2) is 6.65. The number of benzene rings is 1. The Bertz CT molecular complexity index is 1090. The number of hydrogen-bond donors (Lipinski definition) is 0. The first kappa shape index (κ1) is 17.5. The fraction of sp³-hybridized carbons (Fsp3) is 0.318. The number of amides is 1. The van der Waals surface area contributed by atoms with Gasteiger partial charge in [-0.15, -0.1) is 0 Å². The van der Waals surface area contributed by atoms with Crippen molar-refractivity contribution in [1.82, 2.24) is 9.88 Å². The molecule has 1 amide bonds. The highest BCUT2D eigenvalue weighted by molar-refractivity contribution is 5.99. The summed E-state index contributed by atoms with van der Waals surface area (Å²) in [5.41, 5.74) is 3.47. The van der Waals surface area contributed by atoms with Crippen molar-refractivity contribution in [2.45, 2.75) is 39.7 Å². The molecule has 4 rings (SSSR count). The van der Waals surface area contributed by atoms with E-state index in [1.807, 2.05) is 44.2 Å². The van der Waals surface area contributed by atoms with Crippen LogP contribution in [-0.4, -0.2) is 22.3 Å². The summed E-state index contributed by atoms with van der Waals surface area (Å²) < 4.78 is 5.98. The van der Waals surface area contributed by atoms with Gasteiger partial charge in [-0.05, 0) is 55.7 Å². The summed E-state index contributed by atoms with van der Waals surface area (Å²) >= 11 is 0. The molecule has 1 aliphatic heterocycles. The molecule has 1 atom stereocenters. The summed E-state index contributed by atoms with van der Waals surface area (Å²) in [5.74, 6) is -0.0751. The van der Waals surface area contributed by atoms with Crippen molar-refractivity contribution in [2.75, 3.05) is 6.54 Å². The van der Waals surface area contributed by atoms with E-state index >= 15 is 0 Å². The molecule has 3 aromatic rings. The highest BCUT2D eigenvalue weighted by atomic mass is 16.3. The third-order valence-corrected chi connectivity index (χ3v) is 5.30. The second-order valence-corrected chi connectivity index (χ2v) is 7.12. The van der Waals surface area contributed by atoms with E-state index in [9.17, 15) is 9.59 Å². The number of aromatic nitrogens is 1. The zero-order chi connectivity index (χ0) is 19.1. The van der Waals surface area contributed by atoms with E-state index in [4.69, 9.17) is 4.42 Å². The van der Waals surface area contributed by atoms with Crippen LogP contribution in [0.1, 0.15) is 58.7 Å². The predicted octanol–water partition coefficient (Wildman–Crippen LogP) is 4.15. The Morgan fingerprint density at radius 3 is 2.63 bits per heavy atom. The normalized spacial score (nSPS) is 16.2. The average molecular weight is 362 g/mol. The number of rotatable bonds is 4. The van der Waals surface area contributed by atoms with Crippen LogP contribution < -0.4 is 5.43 Å². The van der Waals surface area contributed by atoms with Crippen LogP contribution in [0.15, 0.2) is 45.7 Å². The van der Waals surface area contributed by atoms with E-state index < -0.39 is 6.04 Å². The van der Waals surface area contributed by atoms with Crippen LogP contribution in [-0.2, 0) is 0 Å². The summed E-state index contributed by atoms with van der Waals surface area (Å²) in [6.07, 6.45) is 3.50. The Balaban J connectivity index is 1.99. The van der Waals surface area contributed by atoms with Gasteiger partial charge < -0.3 is 9.32 Å². The quantitative estimate of drug-likeness (QED) is 0.699. The van der Waals surface area contributed by atoms with Gasteiger partial charge in [0.1, 0.15) is 11.6 Å². The maximum atomic E-state index is 13.4. The fourth-order valence-electron chi connectivity index (χ4n) is 3.68. The lowest BCUT2D eigenvalue weighted by Gasteiger charge is -2.24. The topological polar surface area (TPSA) is 63.4 Å². The molecule has 1 unspecified atom stereocenters. The van der Waals surface area contributed by atoms with E-state index in [-0.39, 0.29) is 17.1 Å². The first-order chi connectivity index (χ1) is 13.0. The van der Waals surface area contributed by atoms with Crippen LogP contribution in [0.3, 0.4) is 0 Å². The van der Waals surface area contributed by atoms with Crippen molar-refractivity contribution >= 4 is 16.9 Å². The predicted molar refractivity (Wildman–Crippen MR) is 104 cm³/mol. The number of unbranched alkanes of at least 4 members (excludes halogenated alkanes) is 1. The number of carbonyl (C=O) groups excluding carboxylic acids is 1. The Morgan fingerprint density at radius 2 is 1.93 bits per heavy atom. The monoisotopic (exact) mass is 362 g/mol. The van der Waals surface area contributed by atoms with Crippen molar-refractivity contribution in [3.63, 3.8) is 0 Å². The fourth-order valence-corrected chi connectivity index (χ4v) is 3.68. The number of nitrogens with zero attached hydrogens (tertiary/aromatic N) is 2.